The summed E-state index contributed by atoms with van der Waals surface area (Å²) in [5.41, 5.74) is 3.08. The van der Waals surface area contributed by atoms with Gasteiger partial charge in [-0.25, -0.2) is 4.39 Å². The second-order valence-corrected chi connectivity index (χ2v) is 6.70. The number of halogens is 1. The third-order valence-electron chi connectivity index (χ3n) is 4.29. The minimum atomic E-state index is -0.249. The van der Waals surface area contributed by atoms with Gasteiger partial charge in [-0.15, -0.1) is 0 Å². The Kier molecular flexibility index (Phi) is 6.98. The van der Waals surface area contributed by atoms with Gasteiger partial charge in [-0.3, -0.25) is 0 Å². The van der Waals surface area contributed by atoms with Crippen LogP contribution in [0.1, 0.15) is 16.7 Å². The summed E-state index contributed by atoms with van der Waals surface area (Å²) < 4.78 is 23.8. The second kappa shape index (κ2) is 9.85. The van der Waals surface area contributed by atoms with Crippen molar-refractivity contribution >= 4 is 17.2 Å². The van der Waals surface area contributed by atoms with Crippen LogP contribution in [0, 0.1) is 5.82 Å². The topological polar surface area (TPSA) is 30.5 Å². The Labute approximate surface area is 170 Å². The highest BCUT2D eigenvalue weighted by Crippen LogP contribution is 2.15. The molecule has 0 radical (unpaired) electrons. The third-order valence-corrected chi connectivity index (χ3v) is 4.67. The Morgan fingerprint density at radius 1 is 0.857 bits per heavy atom. The van der Waals surface area contributed by atoms with E-state index >= 15 is 0 Å². The summed E-state index contributed by atoms with van der Waals surface area (Å²) in [6, 6.07) is 21.9. The lowest BCUT2D eigenvalue weighted by Crippen LogP contribution is -2.24. The van der Waals surface area contributed by atoms with Crippen molar-refractivity contribution in [2.45, 2.75) is 13.0 Å². The average molecular weight is 395 g/mol. The predicted octanol–water partition coefficient (Wildman–Crippen LogP) is 4.92. The lowest BCUT2D eigenvalue weighted by atomic mass is 10.1. The Morgan fingerprint density at radius 2 is 1.46 bits per heavy atom. The molecule has 0 aromatic heterocycles. The van der Waals surface area contributed by atoms with E-state index in [4.69, 9.17) is 21.7 Å². The number of hydrogen-bond acceptors (Lipinski definition) is 3. The highest BCUT2D eigenvalue weighted by molar-refractivity contribution is 7.80. The normalized spacial score (nSPS) is 10.4. The SMILES string of the molecule is COc1ccc(CCNC(=S)c2ccc(OCc3ccc(F)cc3)cc2)cc1. The van der Waals surface area contributed by atoms with Gasteiger partial charge in [0, 0.05) is 12.1 Å². The van der Waals surface area contributed by atoms with E-state index in [0.29, 0.717) is 11.6 Å². The number of hydrogen-bond donors (Lipinski definition) is 1. The zero-order valence-electron chi connectivity index (χ0n) is 15.7. The molecule has 0 saturated heterocycles. The van der Waals surface area contributed by atoms with Crippen LogP contribution in [0.25, 0.3) is 0 Å². The molecule has 0 amide bonds. The van der Waals surface area contributed by atoms with Crippen LogP contribution >= 0.6 is 12.2 Å². The molecule has 0 aliphatic carbocycles. The van der Waals surface area contributed by atoms with Gasteiger partial charge in [0.1, 0.15) is 28.9 Å². The van der Waals surface area contributed by atoms with Crippen molar-refractivity contribution in [3.05, 3.63) is 95.3 Å². The number of benzene rings is 3. The van der Waals surface area contributed by atoms with E-state index in [1.54, 1.807) is 19.2 Å². The zero-order chi connectivity index (χ0) is 19.8. The summed E-state index contributed by atoms with van der Waals surface area (Å²) in [5.74, 6) is 1.35. The maximum absolute atomic E-state index is 12.9. The number of thiocarbonyl (C=S) groups is 1. The van der Waals surface area contributed by atoms with Gasteiger partial charge >= 0.3 is 0 Å². The van der Waals surface area contributed by atoms with Gasteiger partial charge in [0.15, 0.2) is 0 Å². The van der Waals surface area contributed by atoms with Crippen LogP contribution in [0.3, 0.4) is 0 Å². The summed E-state index contributed by atoms with van der Waals surface area (Å²) >= 11 is 5.46. The molecule has 3 nitrogen and oxygen atoms in total. The van der Waals surface area contributed by atoms with Crippen molar-refractivity contribution in [2.75, 3.05) is 13.7 Å². The molecule has 0 fully saturated rings. The first-order valence-corrected chi connectivity index (χ1v) is 9.43. The molecule has 3 aromatic rings. The Bertz CT molecular complexity index is 893. The predicted molar refractivity (Wildman–Crippen MR) is 114 cm³/mol. The minimum absolute atomic E-state index is 0.249. The van der Waals surface area contributed by atoms with E-state index in [1.165, 1.54) is 17.7 Å². The average Bonchev–Trinajstić information content (AvgIpc) is 2.74. The highest BCUT2D eigenvalue weighted by atomic mass is 32.1. The van der Waals surface area contributed by atoms with E-state index < -0.39 is 0 Å². The Morgan fingerprint density at radius 3 is 2.11 bits per heavy atom. The fraction of sp³-hybridized carbons (Fsp3) is 0.174. The lowest BCUT2D eigenvalue weighted by molar-refractivity contribution is 0.306. The second-order valence-electron chi connectivity index (χ2n) is 6.29. The first-order valence-electron chi connectivity index (χ1n) is 9.02. The molecule has 0 saturated carbocycles. The van der Waals surface area contributed by atoms with Crippen LogP contribution in [0.2, 0.25) is 0 Å². The molecule has 0 bridgehead atoms. The van der Waals surface area contributed by atoms with Gasteiger partial charge in [-0.05, 0) is 66.1 Å². The fourth-order valence-electron chi connectivity index (χ4n) is 2.66. The lowest BCUT2D eigenvalue weighted by Gasteiger charge is -2.10. The van der Waals surface area contributed by atoms with E-state index in [1.807, 2.05) is 36.4 Å². The summed E-state index contributed by atoms with van der Waals surface area (Å²) in [5, 5.41) is 3.28. The summed E-state index contributed by atoms with van der Waals surface area (Å²) in [7, 11) is 1.66. The molecule has 0 unspecified atom stereocenters. The van der Waals surface area contributed by atoms with Gasteiger partial charge in [-0.2, -0.15) is 0 Å². The van der Waals surface area contributed by atoms with Crippen molar-refractivity contribution in [2.24, 2.45) is 0 Å². The van der Waals surface area contributed by atoms with Crippen LogP contribution in [0.15, 0.2) is 72.8 Å². The zero-order valence-corrected chi connectivity index (χ0v) is 16.5. The third kappa shape index (κ3) is 5.79. The monoisotopic (exact) mass is 395 g/mol. The van der Waals surface area contributed by atoms with Gasteiger partial charge in [0.05, 0.1) is 7.11 Å². The standard InChI is InChI=1S/C23H22FNO2S/c1-26-21-10-4-17(5-11-21)14-15-25-23(28)19-6-12-22(13-7-19)27-16-18-2-8-20(24)9-3-18/h2-13H,14-16H2,1H3,(H,25,28). The molecular formula is C23H22FNO2S. The molecule has 3 aromatic carbocycles. The van der Waals surface area contributed by atoms with Crippen molar-refractivity contribution in [3.8, 4) is 11.5 Å². The van der Waals surface area contributed by atoms with Gasteiger partial charge in [0.25, 0.3) is 0 Å². The molecule has 5 heteroatoms. The summed E-state index contributed by atoms with van der Waals surface area (Å²) in [4.78, 5) is 0.707. The number of rotatable bonds is 8. The van der Waals surface area contributed by atoms with Crippen molar-refractivity contribution in [1.82, 2.24) is 5.32 Å². The van der Waals surface area contributed by atoms with Crippen LogP contribution in [-0.4, -0.2) is 18.6 Å². The number of methoxy groups -OCH3 is 1. The molecule has 0 spiro atoms. The van der Waals surface area contributed by atoms with Crippen molar-refractivity contribution in [3.63, 3.8) is 0 Å². The van der Waals surface area contributed by atoms with E-state index in [2.05, 4.69) is 17.4 Å². The molecule has 3 rings (SSSR count). The minimum Gasteiger partial charge on any atom is -0.497 e. The Balaban J connectivity index is 1.45. The molecule has 1 N–H and O–H groups in total. The van der Waals surface area contributed by atoms with Crippen LogP contribution in [0.5, 0.6) is 11.5 Å². The number of ether oxygens (including phenoxy) is 2. The molecule has 0 aliphatic heterocycles. The molecule has 0 aliphatic rings. The largest absolute Gasteiger partial charge is 0.497 e. The molecule has 0 atom stereocenters. The summed E-state index contributed by atoms with van der Waals surface area (Å²) in [6.45, 7) is 1.15. The van der Waals surface area contributed by atoms with Gasteiger partial charge in [0.2, 0.25) is 0 Å². The maximum atomic E-state index is 12.9. The van der Waals surface area contributed by atoms with Crippen LogP contribution < -0.4 is 14.8 Å². The van der Waals surface area contributed by atoms with Crippen LogP contribution in [-0.2, 0) is 13.0 Å². The number of nitrogens with one attached hydrogen (secondary N) is 1. The van der Waals surface area contributed by atoms with Gasteiger partial charge in [-0.1, -0.05) is 36.5 Å². The van der Waals surface area contributed by atoms with E-state index in [-0.39, 0.29) is 5.82 Å². The maximum Gasteiger partial charge on any atom is 0.123 e. The van der Waals surface area contributed by atoms with Crippen LogP contribution in [0.4, 0.5) is 4.39 Å². The Hall–Kier alpha value is -2.92. The molecule has 28 heavy (non-hydrogen) atoms. The summed E-state index contributed by atoms with van der Waals surface area (Å²) in [6.07, 6.45) is 0.878. The quantitative estimate of drug-likeness (QED) is 0.549. The first-order chi connectivity index (χ1) is 13.6. The fourth-order valence-corrected chi connectivity index (χ4v) is 2.90. The highest BCUT2D eigenvalue weighted by Gasteiger charge is 2.03. The molecular weight excluding hydrogens is 373 g/mol. The van der Waals surface area contributed by atoms with Crippen molar-refractivity contribution < 1.29 is 13.9 Å². The smallest absolute Gasteiger partial charge is 0.123 e. The molecule has 0 heterocycles. The van der Waals surface area contributed by atoms with E-state index in [9.17, 15) is 4.39 Å². The van der Waals surface area contributed by atoms with Gasteiger partial charge < -0.3 is 14.8 Å². The van der Waals surface area contributed by atoms with Crippen molar-refractivity contribution in [1.29, 1.82) is 0 Å². The first kappa shape index (κ1) is 19.8. The van der Waals surface area contributed by atoms with E-state index in [0.717, 1.165) is 35.6 Å². The molecule has 144 valence electrons.